The first-order valence-corrected chi connectivity index (χ1v) is 12.1. The lowest BCUT2D eigenvalue weighted by molar-refractivity contribution is -0.115. The second kappa shape index (κ2) is 9.70. The zero-order chi connectivity index (χ0) is 22.6. The first-order valence-electron chi connectivity index (χ1n) is 10.7. The molecule has 0 unspecified atom stereocenters. The fraction of sp³-hybridized carbons (Fsp3) is 0.435. The van der Waals surface area contributed by atoms with E-state index in [9.17, 15) is 13.2 Å². The Balaban J connectivity index is 1.80. The maximum Gasteiger partial charge on any atom is 0.243 e. The second-order valence-electron chi connectivity index (χ2n) is 7.60. The van der Waals surface area contributed by atoms with Crippen LogP contribution < -0.4 is 15.0 Å². The summed E-state index contributed by atoms with van der Waals surface area (Å²) in [7, 11) is -3.68. The molecular weight excluding hydrogens is 414 g/mol. The molecular formula is C23H31N3O4S. The molecule has 1 aliphatic rings. The molecule has 1 saturated heterocycles. The van der Waals surface area contributed by atoms with Crippen LogP contribution in [-0.4, -0.2) is 51.4 Å². The highest BCUT2D eigenvalue weighted by Gasteiger charge is 2.30. The van der Waals surface area contributed by atoms with Crippen molar-refractivity contribution < 1.29 is 17.9 Å². The Hall–Kier alpha value is -2.58. The summed E-state index contributed by atoms with van der Waals surface area (Å²) in [5.41, 5.74) is 3.98. The largest absolute Gasteiger partial charge is 0.492 e. The van der Waals surface area contributed by atoms with Crippen LogP contribution in [0.25, 0.3) is 0 Å². The summed E-state index contributed by atoms with van der Waals surface area (Å²) in [5, 5.41) is 2.75. The van der Waals surface area contributed by atoms with E-state index in [0.29, 0.717) is 50.6 Å². The molecule has 1 heterocycles. The van der Waals surface area contributed by atoms with Gasteiger partial charge in [-0.25, -0.2) is 8.42 Å². The van der Waals surface area contributed by atoms with Gasteiger partial charge in [-0.15, -0.1) is 0 Å². The van der Waals surface area contributed by atoms with Gasteiger partial charge in [-0.05, 0) is 56.2 Å². The van der Waals surface area contributed by atoms with E-state index in [4.69, 9.17) is 4.74 Å². The van der Waals surface area contributed by atoms with Crippen molar-refractivity contribution in [3.8, 4) is 5.75 Å². The molecule has 31 heavy (non-hydrogen) atoms. The lowest BCUT2D eigenvalue weighted by Gasteiger charge is -2.36. The van der Waals surface area contributed by atoms with E-state index in [1.165, 1.54) is 21.5 Å². The van der Waals surface area contributed by atoms with Crippen molar-refractivity contribution >= 4 is 27.3 Å². The van der Waals surface area contributed by atoms with Crippen LogP contribution in [-0.2, 0) is 14.8 Å². The second-order valence-corrected chi connectivity index (χ2v) is 9.54. The van der Waals surface area contributed by atoms with Gasteiger partial charge in [0.1, 0.15) is 5.75 Å². The summed E-state index contributed by atoms with van der Waals surface area (Å²) < 4.78 is 33.6. The molecule has 0 atom stereocenters. The lowest BCUT2D eigenvalue weighted by Crippen LogP contribution is -2.48. The van der Waals surface area contributed by atoms with Crippen LogP contribution in [0.4, 0.5) is 11.4 Å². The van der Waals surface area contributed by atoms with Crippen molar-refractivity contribution in [2.75, 3.05) is 43.0 Å². The number of amides is 1. The number of hydrogen-bond acceptors (Lipinski definition) is 5. The van der Waals surface area contributed by atoms with Gasteiger partial charge in [-0.2, -0.15) is 4.31 Å². The molecule has 0 bridgehead atoms. The minimum Gasteiger partial charge on any atom is -0.492 e. The fourth-order valence-corrected chi connectivity index (χ4v) is 5.13. The number of sulfonamides is 1. The molecule has 0 saturated carbocycles. The van der Waals surface area contributed by atoms with E-state index in [1.807, 2.05) is 13.0 Å². The number of rotatable bonds is 7. The van der Waals surface area contributed by atoms with Gasteiger partial charge in [0.2, 0.25) is 15.9 Å². The van der Waals surface area contributed by atoms with Crippen molar-refractivity contribution in [1.29, 1.82) is 0 Å². The standard InChI is InChI=1S/C23H31N3O4S/c1-5-23(27)24-20-16-19(10-11-22(20)30-6-2)31(28,29)26-14-12-25(13-15-26)21-9-7-8-17(3)18(21)4/h7-11,16H,5-6,12-15H2,1-4H3,(H,24,27). The zero-order valence-corrected chi connectivity index (χ0v) is 19.5. The van der Waals surface area contributed by atoms with E-state index in [-0.39, 0.29) is 10.8 Å². The quantitative estimate of drug-likeness (QED) is 0.705. The average Bonchev–Trinajstić information content (AvgIpc) is 2.77. The molecule has 2 aromatic carbocycles. The molecule has 168 valence electrons. The Morgan fingerprint density at radius 1 is 1.06 bits per heavy atom. The van der Waals surface area contributed by atoms with Gasteiger partial charge in [0, 0.05) is 38.3 Å². The number of anilines is 2. The van der Waals surface area contributed by atoms with Crippen molar-refractivity contribution in [1.82, 2.24) is 4.31 Å². The van der Waals surface area contributed by atoms with E-state index in [2.05, 4.69) is 36.2 Å². The van der Waals surface area contributed by atoms with Crippen molar-refractivity contribution in [3.63, 3.8) is 0 Å². The number of ether oxygens (including phenoxy) is 1. The third-order valence-corrected chi connectivity index (χ3v) is 7.53. The highest BCUT2D eigenvalue weighted by Crippen LogP contribution is 2.31. The van der Waals surface area contributed by atoms with Crippen LogP contribution in [0.1, 0.15) is 31.4 Å². The Bertz CT molecular complexity index is 1040. The van der Waals surface area contributed by atoms with Crippen LogP contribution in [0.3, 0.4) is 0 Å². The van der Waals surface area contributed by atoms with Gasteiger partial charge < -0.3 is 15.0 Å². The number of benzene rings is 2. The molecule has 0 aliphatic carbocycles. The highest BCUT2D eigenvalue weighted by atomic mass is 32.2. The molecule has 1 aliphatic heterocycles. The Kier molecular flexibility index (Phi) is 7.23. The lowest BCUT2D eigenvalue weighted by atomic mass is 10.1. The van der Waals surface area contributed by atoms with Gasteiger partial charge in [0.25, 0.3) is 0 Å². The van der Waals surface area contributed by atoms with Crippen LogP contribution in [0.2, 0.25) is 0 Å². The number of carbonyl (C=O) groups is 1. The predicted octanol–water partition coefficient (Wildman–Crippen LogP) is 3.56. The van der Waals surface area contributed by atoms with Crippen LogP contribution in [0.5, 0.6) is 5.75 Å². The van der Waals surface area contributed by atoms with Crippen molar-refractivity contribution in [2.45, 2.75) is 39.0 Å². The van der Waals surface area contributed by atoms with Gasteiger partial charge in [0.05, 0.1) is 17.2 Å². The smallest absolute Gasteiger partial charge is 0.243 e. The molecule has 7 nitrogen and oxygen atoms in total. The highest BCUT2D eigenvalue weighted by molar-refractivity contribution is 7.89. The zero-order valence-electron chi connectivity index (χ0n) is 18.6. The van der Waals surface area contributed by atoms with E-state index in [0.717, 1.165) is 5.69 Å². The van der Waals surface area contributed by atoms with Crippen LogP contribution in [0, 0.1) is 13.8 Å². The minimum absolute atomic E-state index is 0.155. The Morgan fingerprint density at radius 2 is 1.77 bits per heavy atom. The first-order chi connectivity index (χ1) is 14.8. The van der Waals surface area contributed by atoms with Crippen molar-refractivity contribution in [3.05, 3.63) is 47.5 Å². The Labute approximate surface area is 185 Å². The third kappa shape index (κ3) is 5.02. The van der Waals surface area contributed by atoms with E-state index >= 15 is 0 Å². The summed E-state index contributed by atoms with van der Waals surface area (Å²) >= 11 is 0. The predicted molar refractivity (Wildman–Crippen MR) is 123 cm³/mol. The molecule has 3 rings (SSSR count). The number of nitrogens with one attached hydrogen (secondary N) is 1. The molecule has 0 radical (unpaired) electrons. The van der Waals surface area contributed by atoms with E-state index < -0.39 is 10.0 Å². The molecule has 8 heteroatoms. The maximum absolute atomic E-state index is 13.3. The number of nitrogens with zero attached hydrogens (tertiary/aromatic N) is 2. The topological polar surface area (TPSA) is 79.0 Å². The number of carbonyl (C=O) groups excluding carboxylic acids is 1. The molecule has 2 aromatic rings. The first kappa shape index (κ1) is 23.1. The number of hydrogen-bond donors (Lipinski definition) is 1. The van der Waals surface area contributed by atoms with Crippen LogP contribution in [0.15, 0.2) is 41.3 Å². The number of aryl methyl sites for hydroxylation is 1. The minimum atomic E-state index is -3.68. The van der Waals surface area contributed by atoms with Gasteiger partial charge >= 0.3 is 0 Å². The maximum atomic E-state index is 13.3. The summed E-state index contributed by atoms with van der Waals surface area (Å²) in [6.45, 7) is 10.2. The third-order valence-electron chi connectivity index (χ3n) is 5.64. The molecule has 0 spiro atoms. The average molecular weight is 446 g/mol. The molecule has 1 N–H and O–H groups in total. The summed E-state index contributed by atoms with van der Waals surface area (Å²) in [4.78, 5) is 14.3. The molecule has 1 amide bonds. The van der Waals surface area contributed by atoms with Crippen LogP contribution >= 0.6 is 0 Å². The summed E-state index contributed by atoms with van der Waals surface area (Å²) in [6.07, 6.45) is 0.295. The SMILES string of the molecule is CCOc1ccc(S(=O)(=O)N2CCN(c3cccc(C)c3C)CC2)cc1NC(=O)CC. The summed E-state index contributed by atoms with van der Waals surface area (Å²) in [6, 6.07) is 10.8. The van der Waals surface area contributed by atoms with E-state index in [1.54, 1.807) is 19.1 Å². The monoisotopic (exact) mass is 445 g/mol. The molecule has 0 aromatic heterocycles. The number of piperazine rings is 1. The van der Waals surface area contributed by atoms with Gasteiger partial charge in [-0.3, -0.25) is 4.79 Å². The Morgan fingerprint density at radius 3 is 2.42 bits per heavy atom. The van der Waals surface area contributed by atoms with Gasteiger partial charge in [-0.1, -0.05) is 19.1 Å². The molecule has 1 fully saturated rings. The van der Waals surface area contributed by atoms with Crippen molar-refractivity contribution in [2.24, 2.45) is 0 Å². The van der Waals surface area contributed by atoms with Gasteiger partial charge in [0.15, 0.2) is 0 Å². The normalized spacial score (nSPS) is 15.0. The fourth-order valence-electron chi connectivity index (χ4n) is 3.68. The summed E-state index contributed by atoms with van der Waals surface area (Å²) in [5.74, 6) is 0.264.